The SMILES string of the molecule is N=c1ccn(CC(=O)c2ccccc2)cc1. The minimum Gasteiger partial charge on any atom is -0.346 e. The van der Waals surface area contributed by atoms with E-state index in [1.807, 2.05) is 30.3 Å². The molecule has 2 rings (SSSR count). The smallest absolute Gasteiger partial charge is 0.182 e. The van der Waals surface area contributed by atoms with Gasteiger partial charge in [0.05, 0.1) is 11.9 Å². The predicted octanol–water partition coefficient (Wildman–Crippen LogP) is 1.85. The van der Waals surface area contributed by atoms with Crippen LogP contribution in [0.2, 0.25) is 0 Å². The molecular formula is C13H12N2O. The highest BCUT2D eigenvalue weighted by atomic mass is 16.1. The Labute approximate surface area is 93.5 Å². The van der Waals surface area contributed by atoms with Crippen LogP contribution >= 0.6 is 0 Å². The van der Waals surface area contributed by atoms with Crippen molar-refractivity contribution < 1.29 is 4.79 Å². The summed E-state index contributed by atoms with van der Waals surface area (Å²) in [6.07, 6.45) is 3.48. The van der Waals surface area contributed by atoms with Crippen molar-refractivity contribution >= 4 is 5.78 Å². The molecule has 2 aromatic rings. The molecule has 1 N–H and O–H groups in total. The predicted molar refractivity (Wildman–Crippen MR) is 61.1 cm³/mol. The van der Waals surface area contributed by atoms with Gasteiger partial charge in [-0.1, -0.05) is 30.3 Å². The number of benzene rings is 1. The van der Waals surface area contributed by atoms with Gasteiger partial charge < -0.3 is 9.98 Å². The van der Waals surface area contributed by atoms with Gasteiger partial charge >= 0.3 is 0 Å². The Hall–Kier alpha value is -2.16. The van der Waals surface area contributed by atoms with Crippen LogP contribution < -0.4 is 5.36 Å². The van der Waals surface area contributed by atoms with Crippen LogP contribution in [0.5, 0.6) is 0 Å². The summed E-state index contributed by atoms with van der Waals surface area (Å²) in [5.74, 6) is 0.0725. The fourth-order valence-corrected chi connectivity index (χ4v) is 1.44. The van der Waals surface area contributed by atoms with Crippen LogP contribution in [0.15, 0.2) is 54.9 Å². The number of hydrogen-bond acceptors (Lipinski definition) is 2. The third-order valence-corrected chi connectivity index (χ3v) is 2.31. The number of rotatable bonds is 3. The highest BCUT2D eigenvalue weighted by Gasteiger charge is 2.04. The molecule has 0 aliphatic rings. The van der Waals surface area contributed by atoms with E-state index < -0.39 is 0 Å². The van der Waals surface area contributed by atoms with Crippen molar-refractivity contribution in [1.82, 2.24) is 4.57 Å². The van der Waals surface area contributed by atoms with Gasteiger partial charge in [-0.15, -0.1) is 0 Å². The van der Waals surface area contributed by atoms with E-state index in [0.29, 0.717) is 17.5 Å². The van der Waals surface area contributed by atoms with Crippen LogP contribution in [-0.2, 0) is 6.54 Å². The van der Waals surface area contributed by atoms with Gasteiger partial charge in [0.25, 0.3) is 0 Å². The summed E-state index contributed by atoms with van der Waals surface area (Å²) in [5.41, 5.74) is 0.713. The summed E-state index contributed by atoms with van der Waals surface area (Å²) in [6, 6.07) is 12.5. The first-order valence-electron chi connectivity index (χ1n) is 5.05. The van der Waals surface area contributed by atoms with Crippen molar-refractivity contribution in [2.24, 2.45) is 0 Å². The fraction of sp³-hybridized carbons (Fsp3) is 0.0769. The van der Waals surface area contributed by atoms with E-state index in [4.69, 9.17) is 5.41 Å². The Kier molecular flexibility index (Phi) is 2.96. The zero-order valence-electron chi connectivity index (χ0n) is 8.76. The Morgan fingerprint density at radius 2 is 1.69 bits per heavy atom. The van der Waals surface area contributed by atoms with Crippen molar-refractivity contribution in [3.05, 3.63) is 65.8 Å². The molecule has 3 nitrogen and oxygen atoms in total. The highest BCUT2D eigenvalue weighted by molar-refractivity contribution is 5.95. The quantitative estimate of drug-likeness (QED) is 0.775. The van der Waals surface area contributed by atoms with E-state index in [-0.39, 0.29) is 5.78 Å². The fourth-order valence-electron chi connectivity index (χ4n) is 1.44. The lowest BCUT2D eigenvalue weighted by Gasteiger charge is -2.04. The van der Waals surface area contributed by atoms with Gasteiger partial charge in [0.15, 0.2) is 5.78 Å². The molecule has 1 aromatic carbocycles. The van der Waals surface area contributed by atoms with Crippen molar-refractivity contribution in [1.29, 1.82) is 5.41 Å². The number of carbonyl (C=O) groups excluding carboxylic acids is 1. The molecule has 1 heterocycles. The monoisotopic (exact) mass is 212 g/mol. The number of ketones is 1. The number of aromatic nitrogens is 1. The largest absolute Gasteiger partial charge is 0.346 e. The maximum Gasteiger partial charge on any atom is 0.182 e. The average Bonchev–Trinajstić information content (AvgIpc) is 2.33. The third kappa shape index (κ3) is 2.45. The molecule has 0 radical (unpaired) electrons. The van der Waals surface area contributed by atoms with Crippen LogP contribution in [0.25, 0.3) is 0 Å². The van der Waals surface area contributed by atoms with Crippen LogP contribution in [0.4, 0.5) is 0 Å². The lowest BCUT2D eigenvalue weighted by molar-refractivity contribution is 0.0972. The second-order valence-corrected chi connectivity index (χ2v) is 3.55. The first-order valence-corrected chi connectivity index (χ1v) is 5.05. The number of Topliss-reactive ketones (excluding diaryl/α,β-unsaturated/α-hetero) is 1. The van der Waals surface area contributed by atoms with Crippen LogP contribution in [0.1, 0.15) is 10.4 Å². The number of nitrogens with one attached hydrogen (secondary N) is 1. The number of nitrogens with zero attached hydrogens (tertiary/aromatic N) is 1. The summed E-state index contributed by atoms with van der Waals surface area (Å²) in [7, 11) is 0. The minimum atomic E-state index is 0.0725. The maximum absolute atomic E-state index is 11.8. The second-order valence-electron chi connectivity index (χ2n) is 3.55. The highest BCUT2D eigenvalue weighted by Crippen LogP contribution is 2.01. The van der Waals surface area contributed by atoms with Gasteiger partial charge in [-0.25, -0.2) is 0 Å². The van der Waals surface area contributed by atoms with Crippen molar-refractivity contribution in [3.8, 4) is 0 Å². The van der Waals surface area contributed by atoms with E-state index in [9.17, 15) is 4.79 Å². The summed E-state index contributed by atoms with van der Waals surface area (Å²) >= 11 is 0. The Balaban J connectivity index is 2.14. The van der Waals surface area contributed by atoms with Crippen LogP contribution in [0.3, 0.4) is 0 Å². The number of carbonyl (C=O) groups is 1. The molecule has 0 spiro atoms. The lowest BCUT2D eigenvalue weighted by Crippen LogP contribution is -2.11. The van der Waals surface area contributed by atoms with E-state index in [0.717, 1.165) is 0 Å². The zero-order chi connectivity index (χ0) is 11.4. The third-order valence-electron chi connectivity index (χ3n) is 2.31. The second kappa shape index (κ2) is 4.57. The van der Waals surface area contributed by atoms with Crippen molar-refractivity contribution in [2.45, 2.75) is 6.54 Å². The maximum atomic E-state index is 11.8. The van der Waals surface area contributed by atoms with Gasteiger partial charge in [0.2, 0.25) is 0 Å². The molecule has 0 saturated heterocycles. The summed E-state index contributed by atoms with van der Waals surface area (Å²) in [6.45, 7) is 0.310. The number of pyridine rings is 1. The van der Waals surface area contributed by atoms with Gasteiger partial charge in [-0.2, -0.15) is 0 Å². The molecule has 80 valence electrons. The molecule has 0 aliphatic heterocycles. The Bertz CT molecular complexity index is 523. The van der Waals surface area contributed by atoms with Crippen LogP contribution in [-0.4, -0.2) is 10.4 Å². The van der Waals surface area contributed by atoms with Crippen molar-refractivity contribution in [2.75, 3.05) is 0 Å². The first-order chi connectivity index (χ1) is 7.75. The first kappa shape index (κ1) is 10.4. The molecular weight excluding hydrogens is 200 g/mol. The van der Waals surface area contributed by atoms with E-state index in [2.05, 4.69) is 0 Å². The molecule has 0 unspecified atom stereocenters. The summed E-state index contributed by atoms with van der Waals surface area (Å²) in [4.78, 5) is 11.8. The molecule has 0 atom stereocenters. The van der Waals surface area contributed by atoms with Gasteiger partial charge in [-0.3, -0.25) is 4.79 Å². The van der Waals surface area contributed by atoms with Crippen molar-refractivity contribution in [3.63, 3.8) is 0 Å². The van der Waals surface area contributed by atoms with Gasteiger partial charge in [0, 0.05) is 18.0 Å². The van der Waals surface area contributed by atoms with E-state index in [1.165, 1.54) is 0 Å². The summed E-state index contributed by atoms with van der Waals surface area (Å²) < 4.78 is 1.77. The topological polar surface area (TPSA) is 45.9 Å². The lowest BCUT2D eigenvalue weighted by atomic mass is 10.1. The number of hydrogen-bond donors (Lipinski definition) is 1. The molecule has 16 heavy (non-hydrogen) atoms. The Morgan fingerprint density at radius 3 is 2.31 bits per heavy atom. The molecule has 0 amide bonds. The molecule has 0 bridgehead atoms. The van der Waals surface area contributed by atoms with E-state index in [1.54, 1.807) is 29.1 Å². The average molecular weight is 212 g/mol. The van der Waals surface area contributed by atoms with Gasteiger partial charge in [-0.05, 0) is 12.1 Å². The molecule has 0 saturated carbocycles. The molecule has 1 aromatic heterocycles. The summed E-state index contributed by atoms with van der Waals surface area (Å²) in [5, 5.41) is 7.79. The van der Waals surface area contributed by atoms with E-state index >= 15 is 0 Å². The zero-order valence-corrected chi connectivity index (χ0v) is 8.76. The molecule has 0 fully saturated rings. The normalized spacial score (nSPS) is 10.0. The van der Waals surface area contributed by atoms with Gasteiger partial charge in [0.1, 0.15) is 0 Å². The molecule has 0 aliphatic carbocycles. The van der Waals surface area contributed by atoms with Crippen LogP contribution in [0, 0.1) is 5.41 Å². The Morgan fingerprint density at radius 1 is 1.06 bits per heavy atom. The minimum absolute atomic E-state index is 0.0725. The standard InChI is InChI=1S/C13H12N2O/c14-12-6-8-15(9-7-12)10-13(16)11-4-2-1-3-5-11/h1-9,14H,10H2. The molecule has 3 heteroatoms.